The van der Waals surface area contributed by atoms with Gasteiger partial charge in [0.2, 0.25) is 5.95 Å². The molecule has 7 heteroatoms. The zero-order valence-electron chi connectivity index (χ0n) is 9.30. The van der Waals surface area contributed by atoms with Crippen LogP contribution in [0.2, 0.25) is 0 Å². The third-order valence-corrected chi connectivity index (χ3v) is 2.91. The molecule has 90 valence electrons. The molecule has 1 fully saturated rings. The SMILES string of the molecule is Nc1nc(N(CCO)C2CC2)c2cn[nH]c2n1. The van der Waals surface area contributed by atoms with Crippen molar-refractivity contribution in [3.05, 3.63) is 6.20 Å². The number of nitrogens with two attached hydrogens (primary N) is 1. The Morgan fingerprint density at radius 1 is 1.47 bits per heavy atom. The van der Waals surface area contributed by atoms with Gasteiger partial charge < -0.3 is 15.7 Å². The van der Waals surface area contributed by atoms with Crippen LogP contribution < -0.4 is 10.6 Å². The first-order valence-electron chi connectivity index (χ1n) is 5.63. The van der Waals surface area contributed by atoms with Gasteiger partial charge in [0.25, 0.3) is 0 Å². The zero-order valence-corrected chi connectivity index (χ0v) is 9.30. The second-order valence-corrected chi connectivity index (χ2v) is 4.19. The van der Waals surface area contributed by atoms with Crippen LogP contribution in [-0.4, -0.2) is 44.5 Å². The summed E-state index contributed by atoms with van der Waals surface area (Å²) in [6.45, 7) is 0.654. The fourth-order valence-corrected chi connectivity index (χ4v) is 2.01. The van der Waals surface area contributed by atoms with Crippen LogP contribution in [0.1, 0.15) is 12.8 Å². The number of nitrogens with zero attached hydrogens (tertiary/aromatic N) is 4. The molecule has 0 spiro atoms. The summed E-state index contributed by atoms with van der Waals surface area (Å²) in [5.74, 6) is 0.984. The van der Waals surface area contributed by atoms with E-state index < -0.39 is 0 Å². The van der Waals surface area contributed by atoms with E-state index in [2.05, 4.69) is 25.1 Å². The number of H-pyrrole nitrogens is 1. The third-order valence-electron chi connectivity index (χ3n) is 2.91. The Bertz CT molecular complexity index is 535. The number of nitrogen functional groups attached to an aromatic ring is 1. The van der Waals surface area contributed by atoms with Crippen LogP contribution in [0, 0.1) is 0 Å². The lowest BCUT2D eigenvalue weighted by molar-refractivity contribution is 0.301. The Morgan fingerprint density at radius 3 is 3.00 bits per heavy atom. The van der Waals surface area contributed by atoms with Gasteiger partial charge in [-0.3, -0.25) is 5.10 Å². The molecule has 7 nitrogen and oxygen atoms in total. The molecule has 0 saturated heterocycles. The highest BCUT2D eigenvalue weighted by molar-refractivity contribution is 5.87. The van der Waals surface area contributed by atoms with Crippen molar-refractivity contribution in [3.63, 3.8) is 0 Å². The van der Waals surface area contributed by atoms with E-state index in [1.54, 1.807) is 6.20 Å². The molecular weight excluding hydrogens is 220 g/mol. The fraction of sp³-hybridized carbons (Fsp3) is 0.500. The van der Waals surface area contributed by atoms with E-state index in [9.17, 15) is 0 Å². The molecule has 1 aliphatic rings. The topological polar surface area (TPSA) is 104 Å². The lowest BCUT2D eigenvalue weighted by atomic mass is 10.3. The smallest absolute Gasteiger partial charge is 0.224 e. The molecule has 0 unspecified atom stereocenters. The summed E-state index contributed by atoms with van der Waals surface area (Å²) < 4.78 is 0. The van der Waals surface area contributed by atoms with Gasteiger partial charge in [-0.1, -0.05) is 0 Å². The Kier molecular flexibility index (Phi) is 2.32. The van der Waals surface area contributed by atoms with Crippen LogP contribution in [-0.2, 0) is 0 Å². The van der Waals surface area contributed by atoms with Gasteiger partial charge in [0, 0.05) is 12.6 Å². The van der Waals surface area contributed by atoms with Gasteiger partial charge in [0.15, 0.2) is 5.65 Å². The van der Waals surface area contributed by atoms with E-state index in [-0.39, 0.29) is 12.6 Å². The van der Waals surface area contributed by atoms with Gasteiger partial charge in [-0.2, -0.15) is 15.1 Å². The van der Waals surface area contributed by atoms with Gasteiger partial charge >= 0.3 is 0 Å². The Hall–Kier alpha value is -1.89. The normalized spacial score (nSPS) is 15.4. The van der Waals surface area contributed by atoms with Crippen molar-refractivity contribution in [2.24, 2.45) is 0 Å². The first kappa shape index (κ1) is 10.3. The monoisotopic (exact) mass is 234 g/mol. The summed E-state index contributed by atoms with van der Waals surface area (Å²) in [6, 6.07) is 0.453. The average molecular weight is 234 g/mol. The van der Waals surface area contributed by atoms with Crippen LogP contribution in [0.3, 0.4) is 0 Å². The summed E-state index contributed by atoms with van der Waals surface area (Å²) in [4.78, 5) is 10.4. The molecule has 2 heterocycles. The maximum atomic E-state index is 9.13. The summed E-state index contributed by atoms with van der Waals surface area (Å²) in [5, 5.41) is 16.7. The molecule has 3 rings (SSSR count). The molecule has 0 atom stereocenters. The first-order chi connectivity index (χ1) is 8.29. The van der Waals surface area contributed by atoms with Crippen molar-refractivity contribution in [1.82, 2.24) is 20.2 Å². The van der Waals surface area contributed by atoms with E-state index >= 15 is 0 Å². The van der Waals surface area contributed by atoms with Crippen molar-refractivity contribution >= 4 is 22.8 Å². The summed E-state index contributed by atoms with van der Waals surface area (Å²) in [5.41, 5.74) is 6.31. The number of aromatic amines is 1. The second kappa shape index (κ2) is 3.85. The maximum Gasteiger partial charge on any atom is 0.224 e. The predicted octanol–water partition coefficient (Wildman–Crippen LogP) is -0.104. The maximum absolute atomic E-state index is 9.13. The van der Waals surface area contributed by atoms with Gasteiger partial charge in [-0.25, -0.2) is 0 Å². The number of anilines is 2. The molecule has 17 heavy (non-hydrogen) atoms. The molecule has 4 N–H and O–H groups in total. The van der Waals surface area contributed by atoms with Gasteiger partial charge in [0.1, 0.15) is 5.82 Å². The van der Waals surface area contributed by atoms with Crippen LogP contribution in [0.5, 0.6) is 0 Å². The number of aromatic nitrogens is 4. The molecule has 2 aromatic rings. The number of fused-ring (bicyclic) bond motifs is 1. The Labute approximate surface area is 97.7 Å². The lowest BCUT2D eigenvalue weighted by Gasteiger charge is -2.22. The molecule has 0 amide bonds. The van der Waals surface area contributed by atoms with Crippen LogP contribution in [0.25, 0.3) is 11.0 Å². The minimum Gasteiger partial charge on any atom is -0.395 e. The molecule has 0 aromatic carbocycles. The highest BCUT2D eigenvalue weighted by Gasteiger charge is 2.31. The minimum absolute atomic E-state index is 0.0970. The number of hydrogen-bond donors (Lipinski definition) is 3. The molecule has 1 saturated carbocycles. The van der Waals surface area contributed by atoms with Gasteiger partial charge in [-0.05, 0) is 12.8 Å². The number of aliphatic hydroxyl groups is 1. The minimum atomic E-state index is 0.0970. The standard InChI is InChI=1S/C10H14N6O/c11-10-13-8-7(5-12-15-8)9(14-10)16(3-4-17)6-1-2-6/h5-6,17H,1-4H2,(H3,11,12,13,14,15). The van der Waals surface area contributed by atoms with Crippen LogP contribution in [0.4, 0.5) is 11.8 Å². The molecule has 0 aliphatic heterocycles. The summed E-state index contributed by atoms with van der Waals surface area (Å²) in [6.07, 6.45) is 3.95. The number of rotatable bonds is 4. The van der Waals surface area contributed by atoms with Crippen molar-refractivity contribution < 1.29 is 5.11 Å². The predicted molar refractivity (Wildman–Crippen MR) is 63.5 cm³/mol. The van der Waals surface area contributed by atoms with Crippen LogP contribution in [0.15, 0.2) is 6.20 Å². The largest absolute Gasteiger partial charge is 0.395 e. The van der Waals surface area contributed by atoms with Crippen molar-refractivity contribution in [2.75, 3.05) is 23.8 Å². The van der Waals surface area contributed by atoms with Crippen LogP contribution >= 0.6 is 0 Å². The lowest BCUT2D eigenvalue weighted by Crippen LogP contribution is -2.30. The molecule has 0 bridgehead atoms. The zero-order chi connectivity index (χ0) is 11.8. The molecule has 2 aromatic heterocycles. The van der Waals surface area contributed by atoms with E-state index in [4.69, 9.17) is 10.8 Å². The highest BCUT2D eigenvalue weighted by atomic mass is 16.3. The Balaban J connectivity index is 2.09. The summed E-state index contributed by atoms with van der Waals surface area (Å²) in [7, 11) is 0. The van der Waals surface area contributed by atoms with E-state index in [0.29, 0.717) is 18.2 Å². The van der Waals surface area contributed by atoms with E-state index in [0.717, 1.165) is 24.0 Å². The molecule has 0 radical (unpaired) electrons. The molecule has 1 aliphatic carbocycles. The highest BCUT2D eigenvalue weighted by Crippen LogP contribution is 2.33. The van der Waals surface area contributed by atoms with Crippen molar-refractivity contribution in [1.29, 1.82) is 0 Å². The third kappa shape index (κ3) is 1.78. The van der Waals surface area contributed by atoms with E-state index in [1.807, 2.05) is 0 Å². The summed E-state index contributed by atoms with van der Waals surface area (Å²) >= 11 is 0. The average Bonchev–Trinajstić information content (AvgIpc) is 3.04. The Morgan fingerprint density at radius 2 is 2.29 bits per heavy atom. The first-order valence-corrected chi connectivity index (χ1v) is 5.63. The quantitative estimate of drug-likeness (QED) is 0.682. The van der Waals surface area contributed by atoms with Gasteiger partial charge in [0.05, 0.1) is 18.2 Å². The number of hydrogen-bond acceptors (Lipinski definition) is 6. The molecular formula is C10H14N6O. The van der Waals surface area contributed by atoms with Crippen molar-refractivity contribution in [3.8, 4) is 0 Å². The van der Waals surface area contributed by atoms with E-state index in [1.165, 1.54) is 0 Å². The fourth-order valence-electron chi connectivity index (χ4n) is 2.01. The van der Waals surface area contributed by atoms with Crippen molar-refractivity contribution in [2.45, 2.75) is 18.9 Å². The number of aliphatic hydroxyl groups excluding tert-OH is 1. The second-order valence-electron chi connectivity index (χ2n) is 4.19. The number of nitrogens with one attached hydrogen (secondary N) is 1. The van der Waals surface area contributed by atoms with Gasteiger partial charge in [-0.15, -0.1) is 0 Å².